The van der Waals surface area contributed by atoms with Gasteiger partial charge in [0.2, 0.25) is 11.8 Å². The Morgan fingerprint density at radius 1 is 1.24 bits per heavy atom. The van der Waals surface area contributed by atoms with E-state index in [1.807, 2.05) is 0 Å². The second kappa shape index (κ2) is 4.38. The van der Waals surface area contributed by atoms with Crippen LogP contribution < -0.4 is 10.6 Å². The molecule has 0 aromatic carbocycles. The normalized spacial score (nSPS) is 38.2. The summed E-state index contributed by atoms with van der Waals surface area (Å²) in [5.74, 6) is -0.297. The zero-order chi connectivity index (χ0) is 11.8. The summed E-state index contributed by atoms with van der Waals surface area (Å²) >= 11 is 0. The fraction of sp³-hybridized carbons (Fsp3) is 0.833. The van der Waals surface area contributed by atoms with E-state index in [0.29, 0.717) is 18.5 Å². The van der Waals surface area contributed by atoms with E-state index in [0.717, 1.165) is 19.4 Å². The zero-order valence-corrected chi connectivity index (χ0v) is 9.95. The van der Waals surface area contributed by atoms with Crippen molar-refractivity contribution in [2.24, 2.45) is 0 Å². The van der Waals surface area contributed by atoms with Crippen LogP contribution >= 0.6 is 0 Å². The lowest BCUT2D eigenvalue weighted by molar-refractivity contribution is -0.125. The summed E-state index contributed by atoms with van der Waals surface area (Å²) in [7, 11) is 0. The molecule has 0 bridgehead atoms. The number of amides is 2. The molecule has 0 aliphatic carbocycles. The highest BCUT2D eigenvalue weighted by molar-refractivity contribution is 6.05. The van der Waals surface area contributed by atoms with E-state index in [1.54, 1.807) is 0 Å². The number of carbonyl (C=O) groups is 2. The SMILES string of the molecule is O=C1CC(NC2CCN3CCCC3C2)C(=O)N1. The van der Waals surface area contributed by atoms with Crippen molar-refractivity contribution in [1.29, 1.82) is 0 Å². The Kier molecular flexibility index (Phi) is 2.88. The molecule has 0 radical (unpaired) electrons. The second-order valence-corrected chi connectivity index (χ2v) is 5.39. The van der Waals surface area contributed by atoms with Crippen LogP contribution in [0.2, 0.25) is 0 Å². The molecule has 0 saturated carbocycles. The first-order chi connectivity index (χ1) is 8.22. The molecule has 94 valence electrons. The van der Waals surface area contributed by atoms with Crippen LogP contribution in [-0.2, 0) is 9.59 Å². The maximum Gasteiger partial charge on any atom is 0.244 e. The monoisotopic (exact) mass is 237 g/mol. The summed E-state index contributed by atoms with van der Waals surface area (Å²) in [4.78, 5) is 25.1. The van der Waals surface area contributed by atoms with E-state index in [1.165, 1.54) is 19.4 Å². The molecule has 3 heterocycles. The minimum absolute atomic E-state index is 0.147. The summed E-state index contributed by atoms with van der Waals surface area (Å²) in [6.07, 6.45) is 5.11. The summed E-state index contributed by atoms with van der Waals surface area (Å²) in [5.41, 5.74) is 0. The van der Waals surface area contributed by atoms with E-state index < -0.39 is 0 Å². The van der Waals surface area contributed by atoms with Gasteiger partial charge in [-0.25, -0.2) is 0 Å². The largest absolute Gasteiger partial charge is 0.303 e. The average Bonchev–Trinajstić information content (AvgIpc) is 2.85. The second-order valence-electron chi connectivity index (χ2n) is 5.39. The van der Waals surface area contributed by atoms with Crippen LogP contribution in [0.15, 0.2) is 0 Å². The highest BCUT2D eigenvalue weighted by Gasteiger charge is 2.36. The van der Waals surface area contributed by atoms with Gasteiger partial charge in [0.25, 0.3) is 0 Å². The van der Waals surface area contributed by atoms with Gasteiger partial charge in [0, 0.05) is 12.1 Å². The van der Waals surface area contributed by atoms with Crippen molar-refractivity contribution in [1.82, 2.24) is 15.5 Å². The molecule has 5 nitrogen and oxygen atoms in total. The quantitative estimate of drug-likeness (QED) is 0.643. The lowest BCUT2D eigenvalue weighted by Gasteiger charge is -2.36. The molecule has 0 aromatic rings. The van der Waals surface area contributed by atoms with Crippen LogP contribution in [0.4, 0.5) is 0 Å². The lowest BCUT2D eigenvalue weighted by Crippen LogP contribution is -2.50. The van der Waals surface area contributed by atoms with Gasteiger partial charge in [-0.1, -0.05) is 0 Å². The minimum Gasteiger partial charge on any atom is -0.303 e. The van der Waals surface area contributed by atoms with Crippen molar-refractivity contribution in [2.45, 2.75) is 50.2 Å². The van der Waals surface area contributed by atoms with E-state index >= 15 is 0 Å². The van der Waals surface area contributed by atoms with Gasteiger partial charge >= 0.3 is 0 Å². The van der Waals surface area contributed by atoms with Gasteiger partial charge in [0.1, 0.15) is 0 Å². The number of imide groups is 1. The van der Waals surface area contributed by atoms with E-state index in [2.05, 4.69) is 15.5 Å². The Labute approximate surface area is 101 Å². The van der Waals surface area contributed by atoms with Gasteiger partial charge in [-0.2, -0.15) is 0 Å². The first kappa shape index (κ1) is 11.2. The highest BCUT2D eigenvalue weighted by Crippen LogP contribution is 2.27. The predicted octanol–water partition coefficient (Wildman–Crippen LogP) is -0.382. The molecule has 17 heavy (non-hydrogen) atoms. The molecule has 2 N–H and O–H groups in total. The molecular formula is C12H19N3O2. The fourth-order valence-electron chi connectivity index (χ4n) is 3.35. The van der Waals surface area contributed by atoms with Crippen LogP contribution in [0.3, 0.4) is 0 Å². The molecule has 0 spiro atoms. The van der Waals surface area contributed by atoms with Gasteiger partial charge in [0.15, 0.2) is 0 Å². The van der Waals surface area contributed by atoms with Gasteiger partial charge in [-0.3, -0.25) is 14.9 Å². The van der Waals surface area contributed by atoms with Crippen LogP contribution in [0.1, 0.15) is 32.1 Å². The number of nitrogens with zero attached hydrogens (tertiary/aromatic N) is 1. The fourth-order valence-corrected chi connectivity index (χ4v) is 3.35. The van der Waals surface area contributed by atoms with Gasteiger partial charge in [-0.05, 0) is 38.8 Å². The van der Waals surface area contributed by atoms with Gasteiger partial charge in [0.05, 0.1) is 12.5 Å². The van der Waals surface area contributed by atoms with Crippen LogP contribution in [0.5, 0.6) is 0 Å². The molecule has 3 saturated heterocycles. The topological polar surface area (TPSA) is 61.4 Å². The third-order valence-corrected chi connectivity index (χ3v) is 4.23. The van der Waals surface area contributed by atoms with Gasteiger partial charge < -0.3 is 10.2 Å². The number of piperidine rings is 1. The molecule has 2 amide bonds. The zero-order valence-electron chi connectivity index (χ0n) is 9.95. The van der Waals surface area contributed by atoms with Crippen molar-refractivity contribution in [2.75, 3.05) is 13.1 Å². The third kappa shape index (κ3) is 2.21. The van der Waals surface area contributed by atoms with E-state index in [4.69, 9.17) is 0 Å². The van der Waals surface area contributed by atoms with Crippen molar-refractivity contribution in [3.63, 3.8) is 0 Å². The van der Waals surface area contributed by atoms with Crippen molar-refractivity contribution in [3.8, 4) is 0 Å². The van der Waals surface area contributed by atoms with Gasteiger partial charge in [-0.15, -0.1) is 0 Å². The molecule has 3 unspecified atom stereocenters. The standard InChI is InChI=1S/C12H19N3O2/c16-11-7-10(12(17)14-11)13-8-3-5-15-4-1-2-9(15)6-8/h8-10,13H,1-7H2,(H,14,16,17). The van der Waals surface area contributed by atoms with Crippen molar-refractivity contribution < 1.29 is 9.59 Å². The molecule has 3 fully saturated rings. The molecule has 5 heteroatoms. The van der Waals surface area contributed by atoms with Crippen LogP contribution in [-0.4, -0.2) is 47.9 Å². The third-order valence-electron chi connectivity index (χ3n) is 4.23. The van der Waals surface area contributed by atoms with Crippen molar-refractivity contribution >= 4 is 11.8 Å². The number of nitrogens with one attached hydrogen (secondary N) is 2. The number of hydrogen-bond donors (Lipinski definition) is 2. The Hall–Kier alpha value is -0.940. The molecule has 3 aliphatic heterocycles. The van der Waals surface area contributed by atoms with Crippen molar-refractivity contribution in [3.05, 3.63) is 0 Å². The first-order valence-electron chi connectivity index (χ1n) is 6.56. The summed E-state index contributed by atoms with van der Waals surface area (Å²) < 4.78 is 0. The summed E-state index contributed by atoms with van der Waals surface area (Å²) in [6.45, 7) is 2.37. The molecule has 3 atom stereocenters. The summed E-state index contributed by atoms with van der Waals surface area (Å²) in [5, 5.41) is 5.70. The number of hydrogen-bond acceptors (Lipinski definition) is 4. The van der Waals surface area contributed by atoms with E-state index in [9.17, 15) is 9.59 Å². The molecule has 3 rings (SSSR count). The highest BCUT2D eigenvalue weighted by atomic mass is 16.2. The van der Waals surface area contributed by atoms with Crippen LogP contribution in [0.25, 0.3) is 0 Å². The Balaban J connectivity index is 1.55. The maximum absolute atomic E-state index is 11.5. The maximum atomic E-state index is 11.5. The smallest absolute Gasteiger partial charge is 0.244 e. The molecule has 3 aliphatic rings. The number of rotatable bonds is 2. The van der Waals surface area contributed by atoms with E-state index in [-0.39, 0.29) is 17.9 Å². The number of fused-ring (bicyclic) bond motifs is 1. The predicted molar refractivity (Wildman–Crippen MR) is 62.3 cm³/mol. The Bertz CT molecular complexity index is 345. The Morgan fingerprint density at radius 3 is 2.88 bits per heavy atom. The minimum atomic E-state index is -0.291. The summed E-state index contributed by atoms with van der Waals surface area (Å²) in [6, 6.07) is 0.804. The molecule has 0 aromatic heterocycles. The average molecular weight is 237 g/mol. The van der Waals surface area contributed by atoms with Crippen LogP contribution in [0, 0.1) is 0 Å². The molecular weight excluding hydrogens is 218 g/mol. The lowest BCUT2D eigenvalue weighted by atomic mass is 9.96. The Morgan fingerprint density at radius 2 is 2.12 bits per heavy atom. The number of carbonyl (C=O) groups excluding carboxylic acids is 2. The first-order valence-corrected chi connectivity index (χ1v) is 6.56.